The molecule has 1 aromatic rings. The fourth-order valence-electron chi connectivity index (χ4n) is 1.23. The standard InChI is InChI=1S/C13H14O3/c1-3-4-5-6-11(14)10-7-9(2)12(15)8-13(10)16/h3-8,15-16H,1-2H3/b4-3+,6-5+. The molecule has 0 amide bonds. The Balaban J connectivity index is 3.04. The average molecular weight is 218 g/mol. The van der Waals surface area contributed by atoms with Gasteiger partial charge in [-0.3, -0.25) is 4.79 Å². The molecule has 2 N–H and O–H groups in total. The highest BCUT2D eigenvalue weighted by atomic mass is 16.3. The number of aryl methyl sites for hydroxylation is 1. The van der Waals surface area contributed by atoms with Gasteiger partial charge in [0.15, 0.2) is 5.78 Å². The number of hydrogen-bond acceptors (Lipinski definition) is 3. The third kappa shape index (κ3) is 2.73. The molecule has 0 fully saturated rings. The summed E-state index contributed by atoms with van der Waals surface area (Å²) >= 11 is 0. The zero-order chi connectivity index (χ0) is 12.1. The SMILES string of the molecule is C/C=C/C=C/C(=O)c1cc(C)c(O)cc1O. The number of ketones is 1. The number of allylic oxidation sites excluding steroid dienone is 4. The Morgan fingerprint density at radius 2 is 1.88 bits per heavy atom. The van der Waals surface area contributed by atoms with Crippen LogP contribution in [0.3, 0.4) is 0 Å². The van der Waals surface area contributed by atoms with E-state index in [1.54, 1.807) is 25.2 Å². The molecule has 84 valence electrons. The molecule has 1 rings (SSSR count). The summed E-state index contributed by atoms with van der Waals surface area (Å²) in [7, 11) is 0. The molecule has 3 nitrogen and oxygen atoms in total. The molecule has 0 unspecified atom stereocenters. The van der Waals surface area contributed by atoms with E-state index in [9.17, 15) is 15.0 Å². The van der Waals surface area contributed by atoms with E-state index in [1.165, 1.54) is 18.2 Å². The molecule has 0 bridgehead atoms. The molecule has 3 heteroatoms. The Morgan fingerprint density at radius 1 is 1.19 bits per heavy atom. The molecule has 0 aliphatic heterocycles. The first-order chi connectivity index (χ1) is 7.56. The Bertz CT molecular complexity index is 456. The molecule has 1 aromatic carbocycles. The molecule has 0 radical (unpaired) electrons. The van der Waals surface area contributed by atoms with E-state index in [0.717, 1.165) is 0 Å². The van der Waals surface area contributed by atoms with Crippen molar-refractivity contribution in [3.05, 3.63) is 47.6 Å². The van der Waals surface area contributed by atoms with E-state index >= 15 is 0 Å². The van der Waals surface area contributed by atoms with Gasteiger partial charge in [0.05, 0.1) is 5.56 Å². The van der Waals surface area contributed by atoms with Crippen LogP contribution in [0.15, 0.2) is 36.4 Å². The van der Waals surface area contributed by atoms with Crippen LogP contribution in [0, 0.1) is 6.92 Å². The van der Waals surface area contributed by atoms with Crippen LogP contribution < -0.4 is 0 Å². The largest absolute Gasteiger partial charge is 0.508 e. The first kappa shape index (κ1) is 12.0. The lowest BCUT2D eigenvalue weighted by molar-refractivity contribution is 0.104. The molecule has 0 aliphatic rings. The van der Waals surface area contributed by atoms with Crippen LogP contribution in [-0.4, -0.2) is 16.0 Å². The molecule has 16 heavy (non-hydrogen) atoms. The van der Waals surface area contributed by atoms with Gasteiger partial charge in [-0.25, -0.2) is 0 Å². The number of rotatable bonds is 3. The minimum absolute atomic E-state index is 0.0218. The molecule has 0 saturated heterocycles. The molecule has 0 saturated carbocycles. The predicted molar refractivity (Wildman–Crippen MR) is 62.8 cm³/mol. The molecular weight excluding hydrogens is 204 g/mol. The average Bonchev–Trinajstić information content (AvgIpc) is 2.23. The van der Waals surface area contributed by atoms with E-state index in [-0.39, 0.29) is 22.8 Å². The third-order valence-electron chi connectivity index (χ3n) is 2.13. The fourth-order valence-corrected chi connectivity index (χ4v) is 1.23. The van der Waals surface area contributed by atoms with Crippen molar-refractivity contribution in [2.45, 2.75) is 13.8 Å². The lowest BCUT2D eigenvalue weighted by Gasteiger charge is -2.04. The Hall–Kier alpha value is -2.03. The summed E-state index contributed by atoms with van der Waals surface area (Å²) in [5, 5.41) is 18.8. The lowest BCUT2D eigenvalue weighted by atomic mass is 10.1. The zero-order valence-corrected chi connectivity index (χ0v) is 9.27. The second-order valence-electron chi connectivity index (χ2n) is 3.40. The van der Waals surface area contributed by atoms with Crippen LogP contribution in [0.2, 0.25) is 0 Å². The van der Waals surface area contributed by atoms with E-state index in [2.05, 4.69) is 0 Å². The van der Waals surface area contributed by atoms with Crippen molar-refractivity contribution < 1.29 is 15.0 Å². The molecule has 0 spiro atoms. The van der Waals surface area contributed by atoms with Gasteiger partial charge in [0.2, 0.25) is 0 Å². The summed E-state index contributed by atoms with van der Waals surface area (Å²) < 4.78 is 0. The van der Waals surface area contributed by atoms with Gasteiger partial charge in [-0.05, 0) is 31.6 Å². The van der Waals surface area contributed by atoms with Crippen LogP contribution in [0.1, 0.15) is 22.8 Å². The van der Waals surface area contributed by atoms with Gasteiger partial charge < -0.3 is 10.2 Å². The quantitative estimate of drug-likeness (QED) is 0.466. The lowest BCUT2D eigenvalue weighted by Crippen LogP contribution is -1.95. The zero-order valence-electron chi connectivity index (χ0n) is 9.27. The normalized spacial score (nSPS) is 11.4. The summed E-state index contributed by atoms with van der Waals surface area (Å²) in [6.07, 6.45) is 6.49. The van der Waals surface area contributed by atoms with Crippen LogP contribution in [-0.2, 0) is 0 Å². The summed E-state index contributed by atoms with van der Waals surface area (Å²) in [4.78, 5) is 11.6. The molecule has 0 atom stereocenters. The van der Waals surface area contributed by atoms with Crippen LogP contribution in [0.25, 0.3) is 0 Å². The van der Waals surface area contributed by atoms with Crippen molar-refractivity contribution in [2.75, 3.05) is 0 Å². The van der Waals surface area contributed by atoms with Gasteiger partial charge in [0.25, 0.3) is 0 Å². The highest BCUT2D eigenvalue weighted by Gasteiger charge is 2.10. The van der Waals surface area contributed by atoms with Gasteiger partial charge in [-0.2, -0.15) is 0 Å². The van der Waals surface area contributed by atoms with Gasteiger partial charge >= 0.3 is 0 Å². The maximum Gasteiger partial charge on any atom is 0.189 e. The molecular formula is C13H14O3. The van der Waals surface area contributed by atoms with Crippen LogP contribution in [0.5, 0.6) is 11.5 Å². The number of hydrogen-bond donors (Lipinski definition) is 2. The van der Waals surface area contributed by atoms with Crippen LogP contribution >= 0.6 is 0 Å². The fraction of sp³-hybridized carbons (Fsp3) is 0.154. The number of aromatic hydroxyl groups is 2. The van der Waals surface area contributed by atoms with Crippen molar-refractivity contribution in [1.29, 1.82) is 0 Å². The number of benzene rings is 1. The van der Waals surface area contributed by atoms with Crippen molar-refractivity contribution >= 4 is 5.78 Å². The van der Waals surface area contributed by atoms with Gasteiger partial charge in [-0.15, -0.1) is 0 Å². The number of phenolic OH excluding ortho intramolecular Hbond substituents is 2. The molecule has 0 aromatic heterocycles. The maximum absolute atomic E-state index is 11.6. The Morgan fingerprint density at radius 3 is 2.50 bits per heavy atom. The van der Waals surface area contributed by atoms with Crippen molar-refractivity contribution in [3.8, 4) is 11.5 Å². The molecule has 0 heterocycles. The number of carbonyl (C=O) groups is 1. The highest BCUT2D eigenvalue weighted by Crippen LogP contribution is 2.27. The Kier molecular flexibility index (Phi) is 3.89. The van der Waals surface area contributed by atoms with Crippen LogP contribution in [0.4, 0.5) is 0 Å². The summed E-state index contributed by atoms with van der Waals surface area (Å²) in [5.74, 6) is -0.525. The summed E-state index contributed by atoms with van der Waals surface area (Å²) in [6.45, 7) is 3.51. The highest BCUT2D eigenvalue weighted by molar-refractivity contribution is 6.06. The maximum atomic E-state index is 11.6. The van der Waals surface area contributed by atoms with E-state index < -0.39 is 0 Å². The first-order valence-corrected chi connectivity index (χ1v) is 4.92. The minimum Gasteiger partial charge on any atom is -0.508 e. The summed E-state index contributed by atoms with van der Waals surface area (Å²) in [5.41, 5.74) is 0.747. The number of phenols is 2. The second kappa shape index (κ2) is 5.16. The summed E-state index contributed by atoms with van der Waals surface area (Å²) in [6, 6.07) is 2.64. The third-order valence-corrected chi connectivity index (χ3v) is 2.13. The Labute approximate surface area is 94.4 Å². The van der Waals surface area contributed by atoms with Gasteiger partial charge in [0, 0.05) is 6.07 Å². The van der Waals surface area contributed by atoms with Gasteiger partial charge in [-0.1, -0.05) is 18.2 Å². The van der Waals surface area contributed by atoms with E-state index in [0.29, 0.717) is 5.56 Å². The smallest absolute Gasteiger partial charge is 0.189 e. The first-order valence-electron chi connectivity index (χ1n) is 4.92. The number of carbonyl (C=O) groups excluding carboxylic acids is 1. The molecule has 0 aliphatic carbocycles. The van der Waals surface area contributed by atoms with Gasteiger partial charge in [0.1, 0.15) is 11.5 Å². The second-order valence-corrected chi connectivity index (χ2v) is 3.40. The topological polar surface area (TPSA) is 57.5 Å². The minimum atomic E-state index is -0.293. The van der Waals surface area contributed by atoms with Crippen molar-refractivity contribution in [2.24, 2.45) is 0 Å². The van der Waals surface area contributed by atoms with Crippen molar-refractivity contribution in [1.82, 2.24) is 0 Å². The predicted octanol–water partition coefficient (Wildman–Crippen LogP) is 2.72. The van der Waals surface area contributed by atoms with Crippen molar-refractivity contribution in [3.63, 3.8) is 0 Å². The monoisotopic (exact) mass is 218 g/mol. The van der Waals surface area contributed by atoms with E-state index in [1.807, 2.05) is 6.92 Å². The van der Waals surface area contributed by atoms with E-state index in [4.69, 9.17) is 0 Å².